The second kappa shape index (κ2) is 5.65. The molecule has 1 unspecified atom stereocenters. The van der Waals surface area contributed by atoms with E-state index in [2.05, 4.69) is 10.6 Å². The van der Waals surface area contributed by atoms with E-state index in [9.17, 15) is 19.2 Å². The molecule has 136 valence electrons. The zero-order chi connectivity index (χ0) is 18.6. The van der Waals surface area contributed by atoms with E-state index in [4.69, 9.17) is 0 Å². The molecular weight excluding hydrogens is 334 g/mol. The normalized spacial score (nSPS) is 26.4. The molecule has 4 rings (SSSR count). The first kappa shape index (κ1) is 16.8. The van der Waals surface area contributed by atoms with Gasteiger partial charge in [0, 0.05) is 18.9 Å². The maximum absolute atomic E-state index is 12.9. The highest BCUT2D eigenvalue weighted by molar-refractivity contribution is 6.10. The van der Waals surface area contributed by atoms with Crippen LogP contribution in [0.2, 0.25) is 0 Å². The van der Waals surface area contributed by atoms with Crippen molar-refractivity contribution in [1.29, 1.82) is 0 Å². The molecule has 1 aliphatic carbocycles. The lowest BCUT2D eigenvalue weighted by molar-refractivity contribution is -0.137. The molecular formula is C19H21N3O4. The molecule has 7 nitrogen and oxygen atoms in total. The summed E-state index contributed by atoms with van der Waals surface area (Å²) in [7, 11) is 0. The van der Waals surface area contributed by atoms with E-state index < -0.39 is 11.9 Å². The van der Waals surface area contributed by atoms with Gasteiger partial charge in [0.15, 0.2) is 0 Å². The van der Waals surface area contributed by atoms with Crippen LogP contribution < -0.4 is 10.6 Å². The van der Waals surface area contributed by atoms with Gasteiger partial charge in [-0.1, -0.05) is 26.0 Å². The van der Waals surface area contributed by atoms with Gasteiger partial charge in [-0.05, 0) is 29.9 Å². The minimum Gasteiger partial charge on any atom is -0.325 e. The van der Waals surface area contributed by atoms with Gasteiger partial charge in [0.2, 0.25) is 17.7 Å². The Morgan fingerprint density at radius 2 is 2.00 bits per heavy atom. The molecule has 1 saturated carbocycles. The van der Waals surface area contributed by atoms with E-state index >= 15 is 0 Å². The Kier molecular flexibility index (Phi) is 3.64. The Morgan fingerprint density at radius 3 is 2.65 bits per heavy atom. The van der Waals surface area contributed by atoms with Crippen LogP contribution in [0.25, 0.3) is 0 Å². The minimum atomic E-state index is -0.654. The summed E-state index contributed by atoms with van der Waals surface area (Å²) < 4.78 is 0. The molecule has 0 bridgehead atoms. The summed E-state index contributed by atoms with van der Waals surface area (Å²) in [5.41, 5.74) is 1.73. The van der Waals surface area contributed by atoms with Crippen LogP contribution in [-0.4, -0.2) is 34.6 Å². The fraction of sp³-hybridized carbons (Fsp3) is 0.474. The van der Waals surface area contributed by atoms with Crippen LogP contribution in [0.1, 0.15) is 49.0 Å². The van der Waals surface area contributed by atoms with Gasteiger partial charge in [-0.15, -0.1) is 0 Å². The van der Waals surface area contributed by atoms with Gasteiger partial charge in [0.1, 0.15) is 6.04 Å². The Hall–Kier alpha value is -2.70. The molecule has 0 aromatic heterocycles. The maximum Gasteiger partial charge on any atom is 0.257 e. The monoisotopic (exact) mass is 355 g/mol. The second-order valence-corrected chi connectivity index (χ2v) is 7.97. The summed E-state index contributed by atoms with van der Waals surface area (Å²) in [4.78, 5) is 50.3. The molecule has 26 heavy (non-hydrogen) atoms. The lowest BCUT2D eigenvalue weighted by atomic mass is 10.0. The molecule has 1 saturated heterocycles. The summed E-state index contributed by atoms with van der Waals surface area (Å²) in [6, 6.07) is 4.69. The average Bonchev–Trinajstić information content (AvgIpc) is 3.08. The molecule has 2 atom stereocenters. The van der Waals surface area contributed by atoms with Crippen LogP contribution in [0.4, 0.5) is 5.69 Å². The van der Waals surface area contributed by atoms with Crippen molar-refractivity contribution in [1.82, 2.24) is 10.2 Å². The first-order valence-electron chi connectivity index (χ1n) is 8.85. The molecule has 3 aliphatic rings. The van der Waals surface area contributed by atoms with Gasteiger partial charge in [-0.3, -0.25) is 24.5 Å². The van der Waals surface area contributed by atoms with Crippen LogP contribution in [-0.2, 0) is 20.9 Å². The highest BCUT2D eigenvalue weighted by atomic mass is 16.2. The number of carbonyl (C=O) groups is 4. The van der Waals surface area contributed by atoms with E-state index in [1.165, 1.54) is 4.90 Å². The van der Waals surface area contributed by atoms with Crippen LogP contribution in [0.5, 0.6) is 0 Å². The van der Waals surface area contributed by atoms with E-state index in [1.54, 1.807) is 12.1 Å². The van der Waals surface area contributed by atoms with Crippen LogP contribution in [0.3, 0.4) is 0 Å². The van der Waals surface area contributed by atoms with Gasteiger partial charge < -0.3 is 10.2 Å². The van der Waals surface area contributed by atoms with Crippen molar-refractivity contribution in [2.45, 2.75) is 45.7 Å². The summed E-state index contributed by atoms with van der Waals surface area (Å²) in [5.74, 6) is -1.14. The zero-order valence-electron chi connectivity index (χ0n) is 14.8. The molecule has 2 N–H and O–H groups in total. The van der Waals surface area contributed by atoms with Crippen molar-refractivity contribution >= 4 is 29.3 Å². The summed E-state index contributed by atoms with van der Waals surface area (Å²) >= 11 is 0. The number of imide groups is 1. The summed E-state index contributed by atoms with van der Waals surface area (Å²) in [6.07, 6.45) is 1.38. The molecule has 0 radical (unpaired) electrons. The number of anilines is 1. The molecule has 7 heteroatoms. The SMILES string of the molecule is CC1(C)C[C@@H]1C(=O)Nc1cccc2c1C(=O)N(C1CCC(=O)NC1=O)C2. The number of nitrogens with one attached hydrogen (secondary N) is 2. The fourth-order valence-corrected chi connectivity index (χ4v) is 3.85. The van der Waals surface area contributed by atoms with Crippen LogP contribution >= 0.6 is 0 Å². The highest BCUT2D eigenvalue weighted by Crippen LogP contribution is 2.52. The number of carbonyl (C=O) groups excluding carboxylic acids is 4. The molecule has 2 heterocycles. The smallest absolute Gasteiger partial charge is 0.257 e. The molecule has 1 aromatic rings. The largest absolute Gasteiger partial charge is 0.325 e. The molecule has 2 aliphatic heterocycles. The topological polar surface area (TPSA) is 95.6 Å². The molecule has 0 spiro atoms. The lowest BCUT2D eigenvalue weighted by Gasteiger charge is -2.29. The van der Waals surface area contributed by atoms with Gasteiger partial charge in [-0.25, -0.2) is 0 Å². The predicted octanol–water partition coefficient (Wildman–Crippen LogP) is 1.43. The number of piperidine rings is 1. The van der Waals surface area contributed by atoms with Gasteiger partial charge in [0.05, 0.1) is 11.3 Å². The first-order chi connectivity index (χ1) is 12.3. The van der Waals surface area contributed by atoms with Crippen molar-refractivity contribution < 1.29 is 19.2 Å². The number of hydrogen-bond donors (Lipinski definition) is 2. The van der Waals surface area contributed by atoms with E-state index in [0.29, 0.717) is 24.2 Å². The van der Waals surface area contributed by atoms with Gasteiger partial charge in [-0.2, -0.15) is 0 Å². The number of amides is 4. The van der Waals surface area contributed by atoms with Crippen LogP contribution in [0, 0.1) is 11.3 Å². The average molecular weight is 355 g/mol. The second-order valence-electron chi connectivity index (χ2n) is 7.97. The van der Waals surface area contributed by atoms with Crippen molar-refractivity contribution in [3.05, 3.63) is 29.3 Å². The molecule has 4 amide bonds. The zero-order valence-corrected chi connectivity index (χ0v) is 14.8. The van der Waals surface area contributed by atoms with Crippen molar-refractivity contribution in [2.75, 3.05) is 5.32 Å². The highest BCUT2D eigenvalue weighted by Gasteiger charge is 2.51. The molecule has 2 fully saturated rings. The van der Waals surface area contributed by atoms with E-state index in [-0.39, 0.29) is 35.5 Å². The number of rotatable bonds is 3. The first-order valence-corrected chi connectivity index (χ1v) is 8.85. The van der Waals surface area contributed by atoms with E-state index in [0.717, 1.165) is 12.0 Å². The van der Waals surface area contributed by atoms with Crippen molar-refractivity contribution in [2.24, 2.45) is 11.3 Å². The number of hydrogen-bond acceptors (Lipinski definition) is 4. The Bertz CT molecular complexity index is 845. The molecule has 1 aromatic carbocycles. The Morgan fingerprint density at radius 1 is 1.27 bits per heavy atom. The number of nitrogens with zero attached hydrogens (tertiary/aromatic N) is 1. The number of benzene rings is 1. The van der Waals surface area contributed by atoms with Crippen molar-refractivity contribution in [3.63, 3.8) is 0 Å². The van der Waals surface area contributed by atoms with Gasteiger partial charge >= 0.3 is 0 Å². The Labute approximate surface area is 151 Å². The third-order valence-corrected chi connectivity index (χ3v) is 5.64. The maximum atomic E-state index is 12.9. The summed E-state index contributed by atoms with van der Waals surface area (Å²) in [5, 5.41) is 5.18. The van der Waals surface area contributed by atoms with Crippen LogP contribution in [0.15, 0.2) is 18.2 Å². The van der Waals surface area contributed by atoms with E-state index in [1.807, 2.05) is 19.9 Å². The predicted molar refractivity (Wildman–Crippen MR) is 93.0 cm³/mol. The third kappa shape index (κ3) is 2.67. The standard InChI is InChI=1S/C19H21N3O4/c1-19(2)8-11(19)16(24)20-12-5-3-4-10-9-22(18(26)15(10)12)13-6-7-14(23)21-17(13)25/h3-5,11,13H,6-9H2,1-2H3,(H,20,24)(H,21,23,25)/t11-,13?/m1/s1. The lowest BCUT2D eigenvalue weighted by Crippen LogP contribution is -2.52. The van der Waals surface area contributed by atoms with Crippen molar-refractivity contribution in [3.8, 4) is 0 Å². The quantitative estimate of drug-likeness (QED) is 0.802. The van der Waals surface area contributed by atoms with Gasteiger partial charge in [0.25, 0.3) is 5.91 Å². The fourth-order valence-electron chi connectivity index (χ4n) is 3.85. The number of fused-ring (bicyclic) bond motifs is 1. The summed E-state index contributed by atoms with van der Waals surface area (Å²) in [6.45, 7) is 4.39. The minimum absolute atomic E-state index is 0.00477. The Balaban J connectivity index is 1.56. The third-order valence-electron chi connectivity index (χ3n) is 5.64.